The lowest BCUT2D eigenvalue weighted by Gasteiger charge is -2.19. The average molecular weight is 217 g/mol. The SMILES string of the molecule is COc1ccc2c(ccn2CC(C)(C)C)c1. The number of fused-ring (bicyclic) bond motifs is 1. The van der Waals surface area contributed by atoms with Gasteiger partial charge in [0, 0.05) is 23.6 Å². The molecule has 0 N–H and O–H groups in total. The predicted molar refractivity (Wildman–Crippen MR) is 67.9 cm³/mol. The van der Waals surface area contributed by atoms with Crippen molar-refractivity contribution in [1.82, 2.24) is 4.57 Å². The Morgan fingerprint density at radius 1 is 1.19 bits per heavy atom. The molecule has 2 heteroatoms. The van der Waals surface area contributed by atoms with Gasteiger partial charge in [-0.15, -0.1) is 0 Å². The molecule has 0 fully saturated rings. The molecule has 2 rings (SSSR count). The number of aromatic nitrogens is 1. The Morgan fingerprint density at radius 3 is 2.56 bits per heavy atom. The summed E-state index contributed by atoms with van der Waals surface area (Å²) < 4.78 is 7.52. The maximum absolute atomic E-state index is 5.22. The highest BCUT2D eigenvalue weighted by molar-refractivity contribution is 5.81. The minimum atomic E-state index is 0.297. The van der Waals surface area contributed by atoms with Crippen molar-refractivity contribution in [3.63, 3.8) is 0 Å². The van der Waals surface area contributed by atoms with E-state index in [1.165, 1.54) is 10.9 Å². The number of nitrogens with zero attached hydrogens (tertiary/aromatic N) is 1. The zero-order valence-electron chi connectivity index (χ0n) is 10.4. The molecule has 1 heterocycles. The first-order chi connectivity index (χ1) is 7.49. The van der Waals surface area contributed by atoms with E-state index in [9.17, 15) is 0 Å². The highest BCUT2D eigenvalue weighted by Crippen LogP contribution is 2.25. The summed E-state index contributed by atoms with van der Waals surface area (Å²) in [5.41, 5.74) is 1.57. The van der Waals surface area contributed by atoms with Crippen LogP contribution in [0.5, 0.6) is 5.75 Å². The van der Waals surface area contributed by atoms with Gasteiger partial charge >= 0.3 is 0 Å². The van der Waals surface area contributed by atoms with E-state index < -0.39 is 0 Å². The molecule has 2 aromatic rings. The summed E-state index contributed by atoms with van der Waals surface area (Å²) in [6.07, 6.45) is 2.15. The summed E-state index contributed by atoms with van der Waals surface area (Å²) in [6, 6.07) is 8.36. The van der Waals surface area contributed by atoms with Crippen LogP contribution in [0.15, 0.2) is 30.5 Å². The van der Waals surface area contributed by atoms with Gasteiger partial charge in [-0.2, -0.15) is 0 Å². The van der Waals surface area contributed by atoms with Gasteiger partial charge in [-0.05, 0) is 29.7 Å². The number of ether oxygens (including phenoxy) is 1. The highest BCUT2D eigenvalue weighted by Gasteiger charge is 2.12. The van der Waals surface area contributed by atoms with Crippen molar-refractivity contribution in [3.05, 3.63) is 30.5 Å². The number of hydrogen-bond donors (Lipinski definition) is 0. The van der Waals surface area contributed by atoms with Crippen LogP contribution in [-0.2, 0) is 6.54 Å². The molecule has 1 aromatic heterocycles. The molecule has 0 aliphatic heterocycles. The van der Waals surface area contributed by atoms with Crippen LogP contribution in [0.2, 0.25) is 0 Å². The van der Waals surface area contributed by atoms with Crippen LogP contribution in [0.4, 0.5) is 0 Å². The summed E-state index contributed by atoms with van der Waals surface area (Å²) in [5.74, 6) is 0.918. The fourth-order valence-corrected chi connectivity index (χ4v) is 1.95. The molecule has 2 nitrogen and oxygen atoms in total. The standard InChI is InChI=1S/C14H19NO/c1-14(2,3)10-15-8-7-11-9-12(16-4)5-6-13(11)15/h5-9H,10H2,1-4H3. The van der Waals surface area contributed by atoms with Gasteiger partial charge in [0.1, 0.15) is 5.75 Å². The zero-order chi connectivity index (χ0) is 11.8. The van der Waals surface area contributed by atoms with E-state index in [2.05, 4.69) is 49.7 Å². The normalized spacial score (nSPS) is 12.0. The topological polar surface area (TPSA) is 14.2 Å². The number of hydrogen-bond acceptors (Lipinski definition) is 1. The summed E-state index contributed by atoms with van der Waals surface area (Å²) in [4.78, 5) is 0. The summed E-state index contributed by atoms with van der Waals surface area (Å²) in [6.45, 7) is 7.79. The van der Waals surface area contributed by atoms with Gasteiger partial charge in [0.25, 0.3) is 0 Å². The maximum atomic E-state index is 5.22. The van der Waals surface area contributed by atoms with Gasteiger partial charge < -0.3 is 9.30 Å². The minimum absolute atomic E-state index is 0.297. The lowest BCUT2D eigenvalue weighted by atomic mass is 9.97. The second-order valence-electron chi connectivity index (χ2n) is 5.43. The second-order valence-corrected chi connectivity index (χ2v) is 5.43. The van der Waals surface area contributed by atoms with Crippen LogP contribution < -0.4 is 4.74 Å². The fraction of sp³-hybridized carbons (Fsp3) is 0.429. The Balaban J connectivity index is 2.42. The molecule has 0 aliphatic rings. The minimum Gasteiger partial charge on any atom is -0.497 e. The number of rotatable bonds is 2. The molecule has 0 saturated heterocycles. The smallest absolute Gasteiger partial charge is 0.119 e. The van der Waals surface area contributed by atoms with Gasteiger partial charge in [0.2, 0.25) is 0 Å². The summed E-state index contributed by atoms with van der Waals surface area (Å²) in [5, 5.41) is 1.24. The van der Waals surface area contributed by atoms with Gasteiger partial charge in [0.15, 0.2) is 0 Å². The highest BCUT2D eigenvalue weighted by atomic mass is 16.5. The quantitative estimate of drug-likeness (QED) is 0.748. The molecule has 0 saturated carbocycles. The Hall–Kier alpha value is -1.44. The van der Waals surface area contributed by atoms with Crippen molar-refractivity contribution in [2.45, 2.75) is 27.3 Å². The van der Waals surface area contributed by atoms with Crippen LogP contribution in [0.1, 0.15) is 20.8 Å². The summed E-state index contributed by atoms with van der Waals surface area (Å²) in [7, 11) is 1.70. The van der Waals surface area contributed by atoms with Gasteiger partial charge in [-0.1, -0.05) is 20.8 Å². The van der Waals surface area contributed by atoms with Crippen molar-refractivity contribution in [1.29, 1.82) is 0 Å². The predicted octanol–water partition coefficient (Wildman–Crippen LogP) is 3.70. The molecule has 0 aliphatic carbocycles. The van der Waals surface area contributed by atoms with Crippen molar-refractivity contribution in [3.8, 4) is 5.75 Å². The van der Waals surface area contributed by atoms with Crippen LogP contribution in [0, 0.1) is 5.41 Å². The van der Waals surface area contributed by atoms with E-state index in [1.54, 1.807) is 7.11 Å². The molecule has 0 radical (unpaired) electrons. The van der Waals surface area contributed by atoms with Gasteiger partial charge in [-0.25, -0.2) is 0 Å². The van der Waals surface area contributed by atoms with Crippen LogP contribution in [0.3, 0.4) is 0 Å². The molecule has 86 valence electrons. The molecular weight excluding hydrogens is 198 g/mol. The van der Waals surface area contributed by atoms with E-state index in [-0.39, 0.29) is 0 Å². The molecule has 16 heavy (non-hydrogen) atoms. The summed E-state index contributed by atoms with van der Waals surface area (Å²) >= 11 is 0. The van der Waals surface area contributed by atoms with E-state index in [0.717, 1.165) is 12.3 Å². The van der Waals surface area contributed by atoms with Crippen molar-refractivity contribution < 1.29 is 4.74 Å². The Bertz CT molecular complexity index is 491. The molecule has 0 unspecified atom stereocenters. The van der Waals surface area contributed by atoms with E-state index in [4.69, 9.17) is 4.74 Å². The average Bonchev–Trinajstić information content (AvgIpc) is 2.58. The molecule has 0 spiro atoms. The third kappa shape index (κ3) is 2.21. The third-order valence-corrected chi connectivity index (χ3v) is 2.62. The van der Waals surface area contributed by atoms with Crippen molar-refractivity contribution >= 4 is 10.9 Å². The van der Waals surface area contributed by atoms with Gasteiger partial charge in [-0.3, -0.25) is 0 Å². The lowest BCUT2D eigenvalue weighted by molar-refractivity contribution is 0.349. The maximum Gasteiger partial charge on any atom is 0.119 e. The Morgan fingerprint density at radius 2 is 1.94 bits per heavy atom. The first-order valence-corrected chi connectivity index (χ1v) is 5.62. The Kier molecular flexibility index (Phi) is 2.66. The van der Waals surface area contributed by atoms with E-state index in [0.29, 0.717) is 5.41 Å². The Labute approximate surface area is 96.8 Å². The van der Waals surface area contributed by atoms with E-state index in [1.807, 2.05) is 6.07 Å². The molecular formula is C14H19NO. The molecule has 0 amide bonds. The molecule has 0 atom stereocenters. The largest absolute Gasteiger partial charge is 0.497 e. The monoisotopic (exact) mass is 217 g/mol. The van der Waals surface area contributed by atoms with Crippen LogP contribution >= 0.6 is 0 Å². The van der Waals surface area contributed by atoms with E-state index >= 15 is 0 Å². The zero-order valence-corrected chi connectivity index (χ0v) is 10.4. The first kappa shape index (κ1) is 11.1. The van der Waals surface area contributed by atoms with Gasteiger partial charge in [0.05, 0.1) is 7.11 Å². The second kappa shape index (κ2) is 3.85. The first-order valence-electron chi connectivity index (χ1n) is 5.62. The number of benzene rings is 1. The van der Waals surface area contributed by atoms with Crippen molar-refractivity contribution in [2.24, 2.45) is 5.41 Å². The molecule has 0 bridgehead atoms. The molecule has 1 aromatic carbocycles. The van der Waals surface area contributed by atoms with Crippen molar-refractivity contribution in [2.75, 3.05) is 7.11 Å². The lowest BCUT2D eigenvalue weighted by Crippen LogP contribution is -2.14. The van der Waals surface area contributed by atoms with Crippen LogP contribution in [0.25, 0.3) is 10.9 Å². The number of methoxy groups -OCH3 is 1. The van der Waals surface area contributed by atoms with Crippen LogP contribution in [-0.4, -0.2) is 11.7 Å². The third-order valence-electron chi connectivity index (χ3n) is 2.62. The fourth-order valence-electron chi connectivity index (χ4n) is 1.95.